The molecule has 0 rings (SSSR count). The molecule has 0 saturated heterocycles. The highest BCUT2D eigenvalue weighted by Crippen LogP contribution is 2.20. The Morgan fingerprint density at radius 3 is 1.93 bits per heavy atom. The van der Waals surface area contributed by atoms with Crippen molar-refractivity contribution in [3.63, 3.8) is 0 Å². The Bertz CT molecular complexity index is 149. The molecule has 0 aromatic carbocycles. The summed E-state index contributed by atoms with van der Waals surface area (Å²) in [4.78, 5) is 2.38. The molecule has 0 aliphatic heterocycles. The summed E-state index contributed by atoms with van der Waals surface area (Å²) in [6, 6.07) is 0.544. The van der Waals surface area contributed by atoms with Crippen molar-refractivity contribution >= 4 is 0 Å². The Labute approximate surface area is 89.3 Å². The van der Waals surface area contributed by atoms with Gasteiger partial charge in [0.05, 0.1) is 6.61 Å². The van der Waals surface area contributed by atoms with Crippen LogP contribution in [0.1, 0.15) is 48.0 Å². The summed E-state index contributed by atoms with van der Waals surface area (Å²) in [7, 11) is 0. The van der Waals surface area contributed by atoms with Crippen LogP contribution in [-0.4, -0.2) is 34.7 Å². The first kappa shape index (κ1) is 13.9. The Balaban J connectivity index is 4.33. The molecule has 0 aromatic rings. The molecule has 2 nitrogen and oxygen atoms in total. The third-order valence-electron chi connectivity index (χ3n) is 2.55. The molecule has 0 aliphatic carbocycles. The molecule has 0 spiro atoms. The summed E-state index contributed by atoms with van der Waals surface area (Å²) >= 11 is 0. The summed E-state index contributed by atoms with van der Waals surface area (Å²) in [5, 5.41) is 9.04. The average molecular weight is 201 g/mol. The van der Waals surface area contributed by atoms with E-state index in [4.69, 9.17) is 5.11 Å². The van der Waals surface area contributed by atoms with Gasteiger partial charge in [-0.15, -0.1) is 0 Å². The third kappa shape index (κ3) is 4.97. The van der Waals surface area contributed by atoms with Gasteiger partial charge in [-0.3, -0.25) is 4.90 Å². The zero-order valence-electron chi connectivity index (χ0n) is 10.7. The van der Waals surface area contributed by atoms with Crippen molar-refractivity contribution in [3.05, 3.63) is 0 Å². The summed E-state index contributed by atoms with van der Waals surface area (Å²) in [5.74, 6) is 0.716. The molecular weight excluding hydrogens is 174 g/mol. The predicted molar refractivity (Wildman–Crippen MR) is 62.5 cm³/mol. The van der Waals surface area contributed by atoms with Gasteiger partial charge in [-0.2, -0.15) is 0 Å². The summed E-state index contributed by atoms with van der Waals surface area (Å²) in [6.07, 6.45) is 1.19. The highest BCUT2D eigenvalue weighted by atomic mass is 16.3. The van der Waals surface area contributed by atoms with Gasteiger partial charge < -0.3 is 5.11 Å². The van der Waals surface area contributed by atoms with E-state index < -0.39 is 0 Å². The fraction of sp³-hybridized carbons (Fsp3) is 1.00. The van der Waals surface area contributed by atoms with Crippen LogP contribution in [0.25, 0.3) is 0 Å². The van der Waals surface area contributed by atoms with E-state index in [2.05, 4.69) is 46.4 Å². The second-order valence-electron chi connectivity index (χ2n) is 5.57. The number of hydrogen-bond donors (Lipinski definition) is 1. The van der Waals surface area contributed by atoms with E-state index in [-0.39, 0.29) is 12.1 Å². The first-order valence-corrected chi connectivity index (χ1v) is 5.66. The lowest BCUT2D eigenvalue weighted by Gasteiger charge is -2.40. The molecule has 0 amide bonds. The van der Waals surface area contributed by atoms with Gasteiger partial charge in [0.2, 0.25) is 0 Å². The Morgan fingerprint density at radius 2 is 1.64 bits per heavy atom. The molecule has 2 heteroatoms. The van der Waals surface area contributed by atoms with Gasteiger partial charge in [-0.1, -0.05) is 13.8 Å². The lowest BCUT2D eigenvalue weighted by molar-refractivity contribution is 0.0586. The van der Waals surface area contributed by atoms with Crippen LogP contribution in [0.5, 0.6) is 0 Å². The zero-order valence-corrected chi connectivity index (χ0v) is 10.7. The van der Waals surface area contributed by atoms with Crippen molar-refractivity contribution in [2.24, 2.45) is 5.92 Å². The van der Waals surface area contributed by atoms with Gasteiger partial charge in [-0.25, -0.2) is 0 Å². The monoisotopic (exact) mass is 201 g/mol. The number of aliphatic hydroxyl groups is 1. The predicted octanol–water partition coefficient (Wildman–Crippen LogP) is 2.51. The van der Waals surface area contributed by atoms with Crippen molar-refractivity contribution in [3.8, 4) is 0 Å². The highest BCUT2D eigenvalue weighted by Gasteiger charge is 2.25. The third-order valence-corrected chi connectivity index (χ3v) is 2.55. The summed E-state index contributed by atoms with van der Waals surface area (Å²) in [5.41, 5.74) is 0.150. The number of hydrogen-bond acceptors (Lipinski definition) is 2. The molecule has 0 aromatic heterocycles. The fourth-order valence-electron chi connectivity index (χ4n) is 2.13. The molecule has 0 radical (unpaired) electrons. The van der Waals surface area contributed by atoms with Gasteiger partial charge >= 0.3 is 0 Å². The van der Waals surface area contributed by atoms with Crippen LogP contribution >= 0.6 is 0 Å². The van der Waals surface area contributed by atoms with Crippen molar-refractivity contribution in [1.82, 2.24) is 4.90 Å². The van der Waals surface area contributed by atoms with Crippen molar-refractivity contribution < 1.29 is 5.11 Å². The standard InChI is InChI=1S/C12H27NO/c1-10(2)9-11(3)13(7-8-14)12(4,5)6/h10-11,14H,7-9H2,1-6H3. The topological polar surface area (TPSA) is 23.5 Å². The van der Waals surface area contributed by atoms with Crippen molar-refractivity contribution in [2.75, 3.05) is 13.2 Å². The maximum Gasteiger partial charge on any atom is 0.0558 e. The van der Waals surface area contributed by atoms with Crippen LogP contribution in [0.15, 0.2) is 0 Å². The molecule has 1 atom stereocenters. The fourth-order valence-corrected chi connectivity index (χ4v) is 2.13. The molecule has 0 aliphatic rings. The van der Waals surface area contributed by atoms with E-state index in [1.807, 2.05) is 0 Å². The largest absolute Gasteiger partial charge is 0.395 e. The minimum absolute atomic E-state index is 0.150. The van der Waals surface area contributed by atoms with Crippen molar-refractivity contribution in [2.45, 2.75) is 59.5 Å². The van der Waals surface area contributed by atoms with Gasteiger partial charge in [0.15, 0.2) is 0 Å². The normalized spacial score (nSPS) is 15.2. The molecule has 1 unspecified atom stereocenters. The molecule has 0 bridgehead atoms. The lowest BCUT2D eigenvalue weighted by atomic mass is 9.98. The molecule has 14 heavy (non-hydrogen) atoms. The van der Waals surface area contributed by atoms with E-state index in [0.717, 1.165) is 6.54 Å². The van der Waals surface area contributed by atoms with E-state index in [9.17, 15) is 0 Å². The minimum atomic E-state index is 0.150. The summed E-state index contributed by atoms with van der Waals surface area (Å²) < 4.78 is 0. The van der Waals surface area contributed by atoms with Crippen molar-refractivity contribution in [1.29, 1.82) is 0 Å². The molecular formula is C12H27NO. The van der Waals surface area contributed by atoms with Crippen LogP contribution < -0.4 is 0 Å². The van der Waals surface area contributed by atoms with Gasteiger partial charge in [-0.05, 0) is 40.0 Å². The van der Waals surface area contributed by atoms with E-state index >= 15 is 0 Å². The molecule has 0 saturated carbocycles. The summed E-state index contributed by atoms with van der Waals surface area (Å²) in [6.45, 7) is 14.4. The van der Waals surface area contributed by atoms with Crippen LogP contribution in [0.3, 0.4) is 0 Å². The van der Waals surface area contributed by atoms with Crippen LogP contribution in [-0.2, 0) is 0 Å². The van der Waals surface area contributed by atoms with E-state index in [0.29, 0.717) is 12.0 Å². The van der Waals surface area contributed by atoms with E-state index in [1.54, 1.807) is 0 Å². The number of nitrogens with zero attached hydrogens (tertiary/aromatic N) is 1. The highest BCUT2D eigenvalue weighted by molar-refractivity contribution is 4.81. The SMILES string of the molecule is CC(C)CC(C)N(CCO)C(C)(C)C. The quantitative estimate of drug-likeness (QED) is 0.739. The van der Waals surface area contributed by atoms with Gasteiger partial charge in [0, 0.05) is 18.1 Å². The Kier molecular flexibility index (Phi) is 5.68. The Hall–Kier alpha value is -0.0800. The number of rotatable bonds is 5. The molecule has 86 valence electrons. The average Bonchev–Trinajstić information content (AvgIpc) is 1.96. The first-order chi connectivity index (χ1) is 6.29. The minimum Gasteiger partial charge on any atom is -0.395 e. The second kappa shape index (κ2) is 5.72. The molecule has 0 heterocycles. The first-order valence-electron chi connectivity index (χ1n) is 5.66. The second-order valence-corrected chi connectivity index (χ2v) is 5.57. The van der Waals surface area contributed by atoms with Crippen LogP contribution in [0.2, 0.25) is 0 Å². The maximum absolute atomic E-state index is 9.04. The van der Waals surface area contributed by atoms with Gasteiger partial charge in [0.1, 0.15) is 0 Å². The van der Waals surface area contributed by atoms with Crippen LogP contribution in [0, 0.1) is 5.92 Å². The maximum atomic E-state index is 9.04. The zero-order chi connectivity index (χ0) is 11.4. The molecule has 1 N–H and O–H groups in total. The van der Waals surface area contributed by atoms with E-state index in [1.165, 1.54) is 6.42 Å². The lowest BCUT2D eigenvalue weighted by Crippen LogP contribution is -2.48. The van der Waals surface area contributed by atoms with Gasteiger partial charge in [0.25, 0.3) is 0 Å². The van der Waals surface area contributed by atoms with Crippen LogP contribution in [0.4, 0.5) is 0 Å². The smallest absolute Gasteiger partial charge is 0.0558 e. The number of aliphatic hydroxyl groups excluding tert-OH is 1. The molecule has 0 fully saturated rings. The number of β-amino-alcohol motifs (C(OH)–C–C–N with tert-alkyl or cyclic N) is 1. The Morgan fingerprint density at radius 1 is 1.14 bits per heavy atom.